The lowest BCUT2D eigenvalue weighted by atomic mass is 10.1. The van der Waals surface area contributed by atoms with Gasteiger partial charge in [-0.2, -0.15) is 0 Å². The summed E-state index contributed by atoms with van der Waals surface area (Å²) >= 11 is 3.21. The normalized spacial score (nSPS) is 12.3. The van der Waals surface area contributed by atoms with Gasteiger partial charge in [-0.25, -0.2) is 4.39 Å². The average Bonchev–Trinajstić information content (AvgIpc) is 2.16. The van der Waals surface area contributed by atoms with Gasteiger partial charge in [-0.05, 0) is 13.0 Å². The van der Waals surface area contributed by atoms with Crippen LogP contribution in [-0.4, -0.2) is 12.9 Å². The highest BCUT2D eigenvalue weighted by Crippen LogP contribution is 2.32. The van der Waals surface area contributed by atoms with Gasteiger partial charge in [-0.15, -0.1) is 0 Å². The summed E-state index contributed by atoms with van der Waals surface area (Å²) in [4.78, 5) is 10.7. The Bertz CT molecular complexity index is 352. The maximum Gasteiger partial charge on any atom is 0.147 e. The topological polar surface area (TPSA) is 26.3 Å². The number of carbonyl (C=O) groups is 1. The summed E-state index contributed by atoms with van der Waals surface area (Å²) in [5.41, 5.74) is 0.640. The maximum absolute atomic E-state index is 12.8. The fourth-order valence-corrected chi connectivity index (χ4v) is 1.49. The summed E-state index contributed by atoms with van der Waals surface area (Å²) in [6.07, 6.45) is 0. The predicted molar refractivity (Wildman–Crippen MR) is 55.3 cm³/mol. The molecule has 1 unspecified atom stereocenters. The first-order chi connectivity index (χ1) is 6.56. The highest BCUT2D eigenvalue weighted by atomic mass is 79.9. The highest BCUT2D eigenvalue weighted by Gasteiger charge is 2.17. The van der Waals surface area contributed by atoms with Crippen molar-refractivity contribution < 1.29 is 13.9 Å². The van der Waals surface area contributed by atoms with E-state index >= 15 is 0 Å². The Morgan fingerprint density at radius 2 is 2.21 bits per heavy atom. The molecule has 0 aliphatic heterocycles. The van der Waals surface area contributed by atoms with Crippen molar-refractivity contribution in [1.29, 1.82) is 0 Å². The van der Waals surface area contributed by atoms with Gasteiger partial charge >= 0.3 is 0 Å². The van der Waals surface area contributed by atoms with Gasteiger partial charge in [0.25, 0.3) is 0 Å². The molecule has 2 nitrogen and oxygen atoms in total. The Labute approximate surface area is 90.2 Å². The van der Waals surface area contributed by atoms with Crippen LogP contribution in [0, 0.1) is 5.82 Å². The highest BCUT2D eigenvalue weighted by molar-refractivity contribution is 9.09. The van der Waals surface area contributed by atoms with Crippen molar-refractivity contribution in [3.63, 3.8) is 0 Å². The average molecular weight is 261 g/mol. The summed E-state index contributed by atoms with van der Waals surface area (Å²) in [7, 11) is 1.44. The second-order valence-corrected chi connectivity index (χ2v) is 3.78. The van der Waals surface area contributed by atoms with Gasteiger partial charge in [-0.1, -0.05) is 22.0 Å². The van der Waals surface area contributed by atoms with Crippen LogP contribution in [-0.2, 0) is 4.79 Å². The smallest absolute Gasteiger partial charge is 0.147 e. The first-order valence-electron chi connectivity index (χ1n) is 4.04. The largest absolute Gasteiger partial charge is 0.496 e. The number of alkyl halides is 1. The molecule has 0 heterocycles. The summed E-state index contributed by atoms with van der Waals surface area (Å²) in [5.74, 6) is -0.0502. The number of ether oxygens (including phenoxy) is 1. The Hall–Kier alpha value is -0.900. The minimum Gasteiger partial charge on any atom is -0.496 e. The SMILES string of the molecule is COc1cc(F)ccc1C(Br)C(C)=O. The van der Waals surface area contributed by atoms with Crippen molar-refractivity contribution >= 4 is 21.7 Å². The third-order valence-electron chi connectivity index (χ3n) is 1.83. The number of ketones is 1. The third-order valence-corrected chi connectivity index (χ3v) is 2.96. The summed E-state index contributed by atoms with van der Waals surface area (Å²) < 4.78 is 17.8. The van der Waals surface area contributed by atoms with E-state index in [1.54, 1.807) is 0 Å². The number of rotatable bonds is 3. The molecule has 14 heavy (non-hydrogen) atoms. The molecule has 0 saturated heterocycles. The van der Waals surface area contributed by atoms with E-state index in [1.807, 2.05) is 0 Å². The lowest BCUT2D eigenvalue weighted by Crippen LogP contribution is -2.03. The number of Topliss-reactive ketones (excluding diaryl/α,β-unsaturated/α-hetero) is 1. The van der Waals surface area contributed by atoms with Crippen molar-refractivity contribution in [1.82, 2.24) is 0 Å². The molecule has 0 saturated carbocycles. The first kappa shape index (κ1) is 11.2. The van der Waals surface area contributed by atoms with Crippen LogP contribution in [0.3, 0.4) is 0 Å². The molecular formula is C10H10BrFO2. The maximum atomic E-state index is 12.8. The molecule has 1 aromatic rings. The van der Waals surface area contributed by atoms with E-state index in [0.717, 1.165) is 0 Å². The number of hydrogen-bond acceptors (Lipinski definition) is 2. The number of halogens is 2. The first-order valence-corrected chi connectivity index (χ1v) is 4.95. The van der Waals surface area contributed by atoms with E-state index in [9.17, 15) is 9.18 Å². The van der Waals surface area contributed by atoms with Gasteiger partial charge in [-0.3, -0.25) is 4.79 Å². The lowest BCUT2D eigenvalue weighted by molar-refractivity contribution is -0.116. The van der Waals surface area contributed by atoms with Crippen molar-refractivity contribution in [3.05, 3.63) is 29.6 Å². The zero-order chi connectivity index (χ0) is 10.7. The van der Waals surface area contributed by atoms with E-state index in [2.05, 4.69) is 15.9 Å². The van der Waals surface area contributed by atoms with Gasteiger partial charge < -0.3 is 4.74 Å². The molecule has 0 spiro atoms. The van der Waals surface area contributed by atoms with Gasteiger partial charge in [0.2, 0.25) is 0 Å². The molecular weight excluding hydrogens is 251 g/mol. The summed E-state index contributed by atoms with van der Waals surface area (Å²) in [5, 5.41) is 0. The van der Waals surface area contributed by atoms with Gasteiger partial charge in [0.15, 0.2) is 0 Å². The van der Waals surface area contributed by atoms with Crippen molar-refractivity contribution in [2.24, 2.45) is 0 Å². The number of hydrogen-bond donors (Lipinski definition) is 0. The predicted octanol–water partition coefficient (Wildman–Crippen LogP) is 2.86. The van der Waals surface area contributed by atoms with Crippen molar-refractivity contribution in [2.45, 2.75) is 11.8 Å². The van der Waals surface area contributed by atoms with Crippen LogP contribution < -0.4 is 4.74 Å². The van der Waals surface area contributed by atoms with Crippen LogP contribution in [0.15, 0.2) is 18.2 Å². The van der Waals surface area contributed by atoms with Crippen molar-refractivity contribution in [3.8, 4) is 5.75 Å². The molecule has 0 aliphatic carbocycles. The molecule has 0 amide bonds. The monoisotopic (exact) mass is 260 g/mol. The molecule has 0 N–H and O–H groups in total. The van der Waals surface area contributed by atoms with Crippen LogP contribution in [0.1, 0.15) is 17.3 Å². The second-order valence-electron chi connectivity index (χ2n) is 2.86. The molecule has 4 heteroatoms. The quantitative estimate of drug-likeness (QED) is 0.782. The molecule has 1 rings (SSSR count). The molecule has 0 bridgehead atoms. The van der Waals surface area contributed by atoms with E-state index < -0.39 is 4.83 Å². The van der Waals surface area contributed by atoms with Gasteiger partial charge in [0.05, 0.1) is 7.11 Å². The fourth-order valence-electron chi connectivity index (χ4n) is 1.11. The molecule has 76 valence electrons. The zero-order valence-corrected chi connectivity index (χ0v) is 9.47. The molecule has 0 aromatic heterocycles. The summed E-state index contributed by atoms with van der Waals surface area (Å²) in [6.45, 7) is 1.46. The molecule has 0 aliphatic rings. The minimum atomic E-state index is -0.446. The Kier molecular flexibility index (Phi) is 3.63. The van der Waals surface area contributed by atoms with Crippen LogP contribution in [0.25, 0.3) is 0 Å². The molecule has 0 radical (unpaired) electrons. The van der Waals surface area contributed by atoms with E-state index in [-0.39, 0.29) is 11.6 Å². The van der Waals surface area contributed by atoms with Crippen LogP contribution >= 0.6 is 15.9 Å². The minimum absolute atomic E-state index is 0.0464. The van der Waals surface area contributed by atoms with Crippen LogP contribution in [0.4, 0.5) is 4.39 Å². The third kappa shape index (κ3) is 2.32. The zero-order valence-electron chi connectivity index (χ0n) is 7.88. The fraction of sp³-hybridized carbons (Fsp3) is 0.300. The summed E-state index contributed by atoms with van der Waals surface area (Å²) in [6, 6.07) is 4.09. The van der Waals surface area contributed by atoms with E-state index in [4.69, 9.17) is 4.74 Å². The van der Waals surface area contributed by atoms with Gasteiger partial charge in [0, 0.05) is 11.6 Å². The van der Waals surface area contributed by atoms with E-state index in [1.165, 1.54) is 32.2 Å². The number of methoxy groups -OCH3 is 1. The second kappa shape index (κ2) is 4.55. The Balaban J connectivity index is 3.13. The molecule has 0 fully saturated rings. The van der Waals surface area contributed by atoms with Crippen LogP contribution in [0.5, 0.6) is 5.75 Å². The van der Waals surface area contributed by atoms with Crippen LogP contribution in [0.2, 0.25) is 0 Å². The van der Waals surface area contributed by atoms with Crippen molar-refractivity contribution in [2.75, 3.05) is 7.11 Å². The molecule has 1 atom stereocenters. The van der Waals surface area contributed by atoms with Gasteiger partial charge in [0.1, 0.15) is 22.2 Å². The Morgan fingerprint density at radius 1 is 1.57 bits per heavy atom. The number of benzene rings is 1. The lowest BCUT2D eigenvalue weighted by Gasteiger charge is -2.11. The van der Waals surface area contributed by atoms with E-state index in [0.29, 0.717) is 11.3 Å². The standard InChI is InChI=1S/C10H10BrFO2/c1-6(13)10(11)8-4-3-7(12)5-9(8)14-2/h3-5,10H,1-2H3. The number of carbonyl (C=O) groups excluding carboxylic acids is 1. The Morgan fingerprint density at radius 3 is 2.71 bits per heavy atom. The molecule has 1 aromatic carbocycles.